The molecular formula is C51H32N2S2. The Labute approximate surface area is 326 Å². The summed E-state index contributed by atoms with van der Waals surface area (Å²) in [5, 5.41) is 8.61. The number of rotatable bonds is 6. The van der Waals surface area contributed by atoms with Gasteiger partial charge in [-0.3, -0.25) is 0 Å². The molecule has 2 heterocycles. The lowest BCUT2D eigenvalue weighted by Crippen LogP contribution is -2.10. The molecule has 0 aliphatic carbocycles. The zero-order valence-corrected chi connectivity index (χ0v) is 31.3. The molecule has 0 fully saturated rings. The van der Waals surface area contributed by atoms with Gasteiger partial charge >= 0.3 is 0 Å². The molecule has 0 aliphatic rings. The van der Waals surface area contributed by atoms with Crippen LogP contribution in [0.1, 0.15) is 0 Å². The summed E-state index contributed by atoms with van der Waals surface area (Å²) in [5.41, 5.74) is 10.5. The quantitative estimate of drug-likeness (QED) is 0.169. The fourth-order valence-electron chi connectivity index (χ4n) is 7.95. The molecule has 4 heteroatoms. The monoisotopic (exact) mass is 736 g/mol. The molecule has 0 atom stereocenters. The summed E-state index contributed by atoms with van der Waals surface area (Å²) in [6.07, 6.45) is 0. The van der Waals surface area contributed by atoms with E-state index in [-0.39, 0.29) is 0 Å². The third-order valence-electron chi connectivity index (χ3n) is 10.7. The Morgan fingerprint density at radius 1 is 0.382 bits per heavy atom. The van der Waals surface area contributed by atoms with E-state index in [0.29, 0.717) is 0 Å². The number of thiazole rings is 1. The van der Waals surface area contributed by atoms with Gasteiger partial charge in [0.15, 0.2) is 0 Å². The summed E-state index contributed by atoms with van der Waals surface area (Å²) >= 11 is 3.62. The number of nitrogens with zero attached hydrogens (tertiary/aromatic N) is 2. The molecule has 0 radical (unpaired) electrons. The maximum absolute atomic E-state index is 5.07. The van der Waals surface area contributed by atoms with Crippen LogP contribution in [0.15, 0.2) is 194 Å². The highest BCUT2D eigenvalue weighted by atomic mass is 32.1. The maximum Gasteiger partial charge on any atom is 0.124 e. The first-order valence-electron chi connectivity index (χ1n) is 18.5. The second-order valence-corrected chi connectivity index (χ2v) is 16.1. The first-order chi connectivity index (χ1) is 27.2. The largest absolute Gasteiger partial charge is 0.309 e. The molecule has 0 bridgehead atoms. The van der Waals surface area contributed by atoms with Gasteiger partial charge in [0.1, 0.15) is 5.01 Å². The number of hydrogen-bond donors (Lipinski definition) is 0. The Bertz CT molecular complexity index is 3190. The zero-order chi connectivity index (χ0) is 36.3. The Balaban J connectivity index is 1.05. The molecule has 0 N–H and O–H groups in total. The average Bonchev–Trinajstić information content (AvgIpc) is 3.84. The second-order valence-electron chi connectivity index (χ2n) is 14.0. The van der Waals surface area contributed by atoms with E-state index in [4.69, 9.17) is 4.98 Å². The second kappa shape index (κ2) is 13.1. The lowest BCUT2D eigenvalue weighted by molar-refractivity contribution is 1.30. The Kier molecular flexibility index (Phi) is 7.58. The van der Waals surface area contributed by atoms with Gasteiger partial charge in [-0.1, -0.05) is 146 Å². The van der Waals surface area contributed by atoms with E-state index in [1.165, 1.54) is 68.7 Å². The molecule has 0 saturated heterocycles. The molecular weight excluding hydrogens is 705 g/mol. The molecule has 0 amide bonds. The van der Waals surface area contributed by atoms with Gasteiger partial charge < -0.3 is 4.90 Å². The molecule has 0 unspecified atom stereocenters. The smallest absolute Gasteiger partial charge is 0.124 e. The van der Waals surface area contributed by atoms with E-state index in [2.05, 4.69) is 199 Å². The van der Waals surface area contributed by atoms with E-state index in [1.807, 2.05) is 11.3 Å². The van der Waals surface area contributed by atoms with Crippen LogP contribution in [0, 0.1) is 0 Å². The van der Waals surface area contributed by atoms with Crippen molar-refractivity contribution >= 4 is 91.7 Å². The topological polar surface area (TPSA) is 16.1 Å². The summed E-state index contributed by atoms with van der Waals surface area (Å²) in [6.45, 7) is 0. The summed E-state index contributed by atoms with van der Waals surface area (Å²) < 4.78 is 3.72. The van der Waals surface area contributed by atoms with Crippen LogP contribution < -0.4 is 4.90 Å². The van der Waals surface area contributed by atoms with Gasteiger partial charge in [-0.05, 0) is 92.3 Å². The Morgan fingerprint density at radius 3 is 1.85 bits per heavy atom. The van der Waals surface area contributed by atoms with Gasteiger partial charge in [-0.25, -0.2) is 4.98 Å². The van der Waals surface area contributed by atoms with Crippen molar-refractivity contribution in [1.29, 1.82) is 0 Å². The maximum atomic E-state index is 5.07. The van der Waals surface area contributed by atoms with Crippen molar-refractivity contribution in [2.45, 2.75) is 0 Å². The fraction of sp³-hybridized carbons (Fsp3) is 0. The Morgan fingerprint density at radius 2 is 1.04 bits per heavy atom. The molecule has 55 heavy (non-hydrogen) atoms. The van der Waals surface area contributed by atoms with Crippen molar-refractivity contribution in [3.63, 3.8) is 0 Å². The highest BCUT2D eigenvalue weighted by molar-refractivity contribution is 7.27. The van der Waals surface area contributed by atoms with E-state index >= 15 is 0 Å². The van der Waals surface area contributed by atoms with Crippen LogP contribution in [-0.4, -0.2) is 4.98 Å². The van der Waals surface area contributed by atoms with Crippen LogP contribution in [0.5, 0.6) is 0 Å². The van der Waals surface area contributed by atoms with Crippen LogP contribution in [0.25, 0.3) is 84.8 Å². The van der Waals surface area contributed by atoms with Gasteiger partial charge in [-0.15, -0.1) is 22.7 Å². The van der Waals surface area contributed by atoms with Gasteiger partial charge in [0.2, 0.25) is 0 Å². The van der Waals surface area contributed by atoms with Gasteiger partial charge in [0.05, 0.1) is 20.6 Å². The molecule has 0 spiro atoms. The van der Waals surface area contributed by atoms with Crippen molar-refractivity contribution in [3.8, 4) is 32.8 Å². The number of benzene rings is 9. The average molecular weight is 737 g/mol. The minimum absolute atomic E-state index is 1.05. The highest BCUT2D eigenvalue weighted by Gasteiger charge is 2.20. The fourth-order valence-corrected chi connectivity index (χ4v) is 10.2. The van der Waals surface area contributed by atoms with Gasteiger partial charge in [0.25, 0.3) is 0 Å². The van der Waals surface area contributed by atoms with Crippen molar-refractivity contribution in [2.24, 2.45) is 0 Å². The van der Waals surface area contributed by atoms with E-state index in [9.17, 15) is 0 Å². The van der Waals surface area contributed by atoms with Crippen molar-refractivity contribution in [1.82, 2.24) is 4.98 Å². The number of aromatic nitrogens is 1. The molecule has 258 valence electrons. The standard InChI is InChI=1S/C51H32N2S2/c1-2-12-37(13-3-1)51-52-46-32-48-45(31-49(46)55-51)44-18-9-19-47(50(44)54-48)53(40-26-22-34(23-27-40)39-21-20-33-10-4-5-14-38(33)30-39)41-28-24-36(25-29-41)43-17-8-15-35-11-6-7-16-42(35)43/h1-32H. The molecule has 11 rings (SSSR count). The number of thiophene rings is 1. The molecule has 0 aliphatic heterocycles. The van der Waals surface area contributed by atoms with Crippen LogP contribution in [0.2, 0.25) is 0 Å². The van der Waals surface area contributed by atoms with Crippen molar-refractivity contribution < 1.29 is 0 Å². The number of anilines is 3. The summed E-state index contributed by atoms with van der Waals surface area (Å²) in [6, 6.07) is 70.4. The third-order valence-corrected chi connectivity index (χ3v) is 12.9. The highest BCUT2D eigenvalue weighted by Crippen LogP contribution is 2.47. The minimum atomic E-state index is 1.05. The molecule has 2 nitrogen and oxygen atoms in total. The summed E-state index contributed by atoms with van der Waals surface area (Å²) in [7, 11) is 0. The predicted molar refractivity (Wildman–Crippen MR) is 239 cm³/mol. The first kappa shape index (κ1) is 31.9. The predicted octanol–water partition coefficient (Wildman–Crippen LogP) is 15.4. The summed E-state index contributed by atoms with van der Waals surface area (Å²) in [5.74, 6) is 0. The number of fused-ring (bicyclic) bond motifs is 6. The van der Waals surface area contributed by atoms with E-state index < -0.39 is 0 Å². The molecule has 2 aromatic heterocycles. The van der Waals surface area contributed by atoms with Crippen LogP contribution >= 0.6 is 22.7 Å². The van der Waals surface area contributed by atoms with Crippen LogP contribution in [-0.2, 0) is 0 Å². The zero-order valence-electron chi connectivity index (χ0n) is 29.7. The third kappa shape index (κ3) is 5.58. The SMILES string of the molecule is c1ccc(-c2nc3cc4sc5c(N(c6ccc(-c7ccc8ccccc8c7)cc6)c6ccc(-c7cccc8ccccc78)cc6)cccc5c4cc3s2)cc1. The van der Waals surface area contributed by atoms with Crippen LogP contribution in [0.3, 0.4) is 0 Å². The summed E-state index contributed by atoms with van der Waals surface area (Å²) in [4.78, 5) is 7.49. The first-order valence-corrected chi connectivity index (χ1v) is 20.2. The van der Waals surface area contributed by atoms with Crippen molar-refractivity contribution in [2.75, 3.05) is 4.90 Å². The van der Waals surface area contributed by atoms with E-state index in [1.54, 1.807) is 11.3 Å². The molecule has 0 saturated carbocycles. The van der Waals surface area contributed by atoms with Gasteiger partial charge in [-0.2, -0.15) is 0 Å². The van der Waals surface area contributed by atoms with E-state index in [0.717, 1.165) is 33.1 Å². The Hall–Kier alpha value is -6.59. The minimum Gasteiger partial charge on any atom is -0.309 e. The lowest BCUT2D eigenvalue weighted by atomic mass is 9.98. The van der Waals surface area contributed by atoms with Crippen molar-refractivity contribution in [3.05, 3.63) is 194 Å². The van der Waals surface area contributed by atoms with Gasteiger partial charge in [0, 0.05) is 32.4 Å². The normalized spacial score (nSPS) is 11.6. The number of hydrogen-bond acceptors (Lipinski definition) is 4. The van der Waals surface area contributed by atoms with Crippen LogP contribution in [0.4, 0.5) is 17.1 Å². The lowest BCUT2D eigenvalue weighted by Gasteiger charge is -2.26. The molecule has 9 aromatic carbocycles. The molecule has 11 aromatic rings.